The molecule has 1 heterocycles. The second kappa shape index (κ2) is 6.23. The fourth-order valence-corrected chi connectivity index (χ4v) is 3.52. The van der Waals surface area contributed by atoms with Crippen LogP contribution in [0.4, 0.5) is 0 Å². The third-order valence-corrected chi connectivity index (χ3v) is 4.50. The van der Waals surface area contributed by atoms with E-state index in [4.69, 9.17) is 0 Å². The monoisotopic (exact) mass is 267 g/mol. The zero-order chi connectivity index (χ0) is 14.7. The Hall–Kier alpha value is -1.60. The molecule has 0 radical (unpaired) electrons. The molecule has 0 saturated carbocycles. The average Bonchev–Trinajstić information content (AvgIpc) is 2.72. The molecule has 4 atom stereocenters. The third-order valence-electron chi connectivity index (χ3n) is 4.50. The maximum absolute atomic E-state index is 4.21. The second-order valence-electron chi connectivity index (χ2n) is 5.82. The molecule has 0 N–H and O–H groups in total. The highest BCUT2D eigenvalue weighted by molar-refractivity contribution is 5.22. The summed E-state index contributed by atoms with van der Waals surface area (Å²) in [5.74, 6) is 0.849. The van der Waals surface area contributed by atoms with Crippen molar-refractivity contribution in [1.82, 2.24) is 4.90 Å². The first kappa shape index (κ1) is 14.8. The van der Waals surface area contributed by atoms with E-state index in [9.17, 15) is 0 Å². The summed E-state index contributed by atoms with van der Waals surface area (Å²) in [4.78, 5) is 2.54. The van der Waals surface area contributed by atoms with Crippen molar-refractivity contribution in [2.24, 2.45) is 11.8 Å². The van der Waals surface area contributed by atoms with E-state index in [0.717, 1.165) is 6.54 Å². The third kappa shape index (κ3) is 2.64. The molecule has 1 heteroatoms. The molecular weight excluding hydrogens is 242 g/mol. The molecule has 1 aromatic carbocycles. The van der Waals surface area contributed by atoms with Gasteiger partial charge in [0.05, 0.1) is 0 Å². The van der Waals surface area contributed by atoms with Crippen LogP contribution in [0, 0.1) is 11.8 Å². The molecule has 0 amide bonds. The van der Waals surface area contributed by atoms with Crippen molar-refractivity contribution in [3.8, 4) is 0 Å². The predicted octanol–water partition coefficient (Wildman–Crippen LogP) is 4.44. The van der Waals surface area contributed by atoms with Gasteiger partial charge >= 0.3 is 0 Å². The molecule has 4 unspecified atom stereocenters. The van der Waals surface area contributed by atoms with Crippen molar-refractivity contribution >= 4 is 0 Å². The van der Waals surface area contributed by atoms with E-state index in [1.807, 2.05) is 0 Å². The minimum Gasteiger partial charge on any atom is -0.289 e. The van der Waals surface area contributed by atoms with E-state index in [0.29, 0.717) is 23.9 Å². The average molecular weight is 267 g/mol. The Balaban J connectivity index is 2.31. The fourth-order valence-electron chi connectivity index (χ4n) is 3.52. The lowest BCUT2D eigenvalue weighted by Gasteiger charge is -2.30. The maximum Gasteiger partial charge on any atom is 0.0377 e. The van der Waals surface area contributed by atoms with Crippen LogP contribution in [0.1, 0.15) is 19.4 Å². The quantitative estimate of drug-likeness (QED) is 0.713. The first-order chi connectivity index (χ1) is 9.60. The molecule has 1 nitrogen and oxygen atoms in total. The summed E-state index contributed by atoms with van der Waals surface area (Å²) in [7, 11) is 0. The highest BCUT2D eigenvalue weighted by Crippen LogP contribution is 2.40. The smallest absolute Gasteiger partial charge is 0.0377 e. The molecule has 1 aromatic rings. The summed E-state index contributed by atoms with van der Waals surface area (Å²) in [5.41, 5.74) is 2.56. The van der Waals surface area contributed by atoms with Crippen LogP contribution in [0.2, 0.25) is 0 Å². The normalized spacial score (nSPS) is 30.1. The van der Waals surface area contributed by atoms with E-state index < -0.39 is 0 Å². The minimum atomic E-state index is 0.353. The molecule has 0 aromatic heterocycles. The molecule has 0 spiro atoms. The standard InChI is InChI=1S/C19H25N/c1-6-17-15(5)20(13-16-11-9-8-10-12-16)19(14(3)4)18(17)7-2/h6-12,15,17-19H,1-3,13H2,4-5H3. The van der Waals surface area contributed by atoms with Gasteiger partial charge in [0.15, 0.2) is 0 Å². The van der Waals surface area contributed by atoms with Crippen LogP contribution < -0.4 is 0 Å². The molecule has 1 aliphatic heterocycles. The van der Waals surface area contributed by atoms with Gasteiger partial charge in [-0.25, -0.2) is 0 Å². The first-order valence-electron chi connectivity index (χ1n) is 7.30. The summed E-state index contributed by atoms with van der Waals surface area (Å²) in [6, 6.07) is 11.4. The first-order valence-corrected chi connectivity index (χ1v) is 7.30. The van der Waals surface area contributed by atoms with Crippen molar-refractivity contribution in [3.63, 3.8) is 0 Å². The van der Waals surface area contributed by atoms with Gasteiger partial charge in [0.2, 0.25) is 0 Å². The Labute approximate surface area is 123 Å². The van der Waals surface area contributed by atoms with Gasteiger partial charge in [-0.15, -0.1) is 13.2 Å². The molecular formula is C19H25N. The molecule has 1 fully saturated rings. The number of hydrogen-bond acceptors (Lipinski definition) is 1. The molecule has 0 bridgehead atoms. The van der Waals surface area contributed by atoms with E-state index in [1.165, 1.54) is 11.1 Å². The van der Waals surface area contributed by atoms with Crippen LogP contribution in [0.3, 0.4) is 0 Å². The van der Waals surface area contributed by atoms with Crippen molar-refractivity contribution in [1.29, 1.82) is 0 Å². The van der Waals surface area contributed by atoms with Gasteiger partial charge < -0.3 is 0 Å². The maximum atomic E-state index is 4.21. The van der Waals surface area contributed by atoms with Crippen LogP contribution in [0.25, 0.3) is 0 Å². The summed E-state index contributed by atoms with van der Waals surface area (Å²) >= 11 is 0. The highest BCUT2D eigenvalue weighted by atomic mass is 15.2. The molecule has 1 saturated heterocycles. The van der Waals surface area contributed by atoms with Gasteiger partial charge in [0.25, 0.3) is 0 Å². The molecule has 1 aliphatic rings. The van der Waals surface area contributed by atoms with Gasteiger partial charge in [-0.3, -0.25) is 4.90 Å². The highest BCUT2D eigenvalue weighted by Gasteiger charge is 2.43. The van der Waals surface area contributed by atoms with Crippen LogP contribution >= 0.6 is 0 Å². The summed E-state index contributed by atoms with van der Waals surface area (Å²) in [6.07, 6.45) is 4.16. The Morgan fingerprint density at radius 2 is 1.75 bits per heavy atom. The fraction of sp³-hybridized carbons (Fsp3) is 0.368. The van der Waals surface area contributed by atoms with Crippen LogP contribution in [-0.2, 0) is 6.54 Å². The Bertz CT molecular complexity index is 488. The number of benzene rings is 1. The van der Waals surface area contributed by atoms with Crippen LogP contribution in [0.5, 0.6) is 0 Å². The number of hydrogen-bond donors (Lipinski definition) is 0. The van der Waals surface area contributed by atoms with Crippen molar-refractivity contribution < 1.29 is 0 Å². The van der Waals surface area contributed by atoms with Gasteiger partial charge in [-0.05, 0) is 25.3 Å². The minimum absolute atomic E-state index is 0.353. The lowest BCUT2D eigenvalue weighted by Crippen LogP contribution is -2.36. The van der Waals surface area contributed by atoms with E-state index in [1.54, 1.807) is 0 Å². The van der Waals surface area contributed by atoms with Gasteiger partial charge in [0.1, 0.15) is 0 Å². The van der Waals surface area contributed by atoms with Gasteiger partial charge in [-0.2, -0.15) is 0 Å². The Morgan fingerprint density at radius 3 is 2.25 bits per heavy atom. The Kier molecular flexibility index (Phi) is 4.61. The number of nitrogens with zero attached hydrogens (tertiary/aromatic N) is 1. The summed E-state index contributed by atoms with van der Waals surface area (Å²) in [5, 5.41) is 0. The van der Waals surface area contributed by atoms with Crippen LogP contribution in [0.15, 0.2) is 67.8 Å². The summed E-state index contributed by atoms with van der Waals surface area (Å²) in [6.45, 7) is 17.6. The molecule has 20 heavy (non-hydrogen) atoms. The van der Waals surface area contributed by atoms with Crippen molar-refractivity contribution in [2.75, 3.05) is 0 Å². The topological polar surface area (TPSA) is 3.24 Å². The summed E-state index contributed by atoms with van der Waals surface area (Å²) < 4.78 is 0. The lowest BCUT2D eigenvalue weighted by atomic mass is 9.85. The predicted molar refractivity (Wildman–Crippen MR) is 87.4 cm³/mol. The zero-order valence-electron chi connectivity index (χ0n) is 12.6. The molecule has 2 rings (SSSR count). The lowest BCUT2D eigenvalue weighted by molar-refractivity contribution is 0.203. The molecule has 106 valence electrons. The largest absolute Gasteiger partial charge is 0.289 e. The van der Waals surface area contributed by atoms with E-state index >= 15 is 0 Å². The van der Waals surface area contributed by atoms with Crippen molar-refractivity contribution in [3.05, 3.63) is 73.4 Å². The van der Waals surface area contributed by atoms with E-state index in [-0.39, 0.29) is 0 Å². The van der Waals surface area contributed by atoms with Crippen molar-refractivity contribution in [2.45, 2.75) is 32.5 Å². The van der Waals surface area contributed by atoms with Gasteiger partial charge in [-0.1, -0.05) is 54.6 Å². The molecule has 0 aliphatic carbocycles. The van der Waals surface area contributed by atoms with Gasteiger partial charge in [0, 0.05) is 24.5 Å². The second-order valence-corrected chi connectivity index (χ2v) is 5.82. The number of likely N-dealkylation sites (tertiary alicyclic amines) is 1. The zero-order valence-corrected chi connectivity index (χ0v) is 12.6. The number of rotatable bonds is 5. The van der Waals surface area contributed by atoms with E-state index in [2.05, 4.69) is 81.0 Å². The Morgan fingerprint density at radius 1 is 1.15 bits per heavy atom. The van der Waals surface area contributed by atoms with Crippen LogP contribution in [-0.4, -0.2) is 17.0 Å². The SMILES string of the molecule is C=CC1C(C=C)C(C(=C)C)N(Cc2ccccc2)C1C.